The van der Waals surface area contributed by atoms with Gasteiger partial charge in [-0.25, -0.2) is 0 Å². The highest BCUT2D eigenvalue weighted by molar-refractivity contribution is 6.02. The molecule has 1 aliphatic rings. The third-order valence-corrected chi connectivity index (χ3v) is 2.51. The predicted molar refractivity (Wildman–Crippen MR) is 75.1 cm³/mol. The Labute approximate surface area is 122 Å². The predicted octanol–water partition coefficient (Wildman–Crippen LogP) is -0.447. The van der Waals surface area contributed by atoms with Crippen molar-refractivity contribution in [1.29, 1.82) is 0 Å². The lowest BCUT2D eigenvalue weighted by Gasteiger charge is -2.25. The van der Waals surface area contributed by atoms with E-state index in [2.05, 4.69) is 25.6 Å². The molecule has 0 saturated carbocycles. The highest BCUT2D eigenvalue weighted by Crippen LogP contribution is 2.16. The van der Waals surface area contributed by atoms with Crippen molar-refractivity contribution in [2.75, 3.05) is 29.9 Å². The highest BCUT2D eigenvalue weighted by atomic mass is 16.5. The molecule has 1 aliphatic heterocycles. The molecule has 2 heterocycles. The number of rotatable bonds is 5. The molecule has 1 aromatic heterocycles. The average molecular weight is 294 g/mol. The fourth-order valence-corrected chi connectivity index (χ4v) is 1.77. The van der Waals surface area contributed by atoms with E-state index in [1.807, 2.05) is 20.8 Å². The molecule has 2 N–H and O–H groups in total. The van der Waals surface area contributed by atoms with E-state index in [0.29, 0.717) is 12.5 Å². The van der Waals surface area contributed by atoms with Crippen LogP contribution >= 0.6 is 0 Å². The number of nitrogens with one attached hydrogen (secondary N) is 2. The molecule has 0 bridgehead atoms. The molecular formula is C12H18N6O3. The average Bonchev–Trinajstić information content (AvgIpc) is 2.36. The second-order valence-corrected chi connectivity index (χ2v) is 4.77. The number of anilines is 2. The number of amides is 2. The fraction of sp³-hybridized carbons (Fsp3) is 0.583. The fourth-order valence-electron chi connectivity index (χ4n) is 1.77. The summed E-state index contributed by atoms with van der Waals surface area (Å²) in [4.78, 5) is 36.9. The van der Waals surface area contributed by atoms with Crippen LogP contribution in [-0.4, -0.2) is 52.5 Å². The molecule has 9 nitrogen and oxygen atoms in total. The van der Waals surface area contributed by atoms with Crippen LogP contribution in [0.2, 0.25) is 0 Å². The Morgan fingerprint density at radius 2 is 1.90 bits per heavy atom. The summed E-state index contributed by atoms with van der Waals surface area (Å²) in [6.45, 7) is 6.28. The number of hydrogen-bond donors (Lipinski definition) is 2. The number of nitrogens with zero attached hydrogens (tertiary/aromatic N) is 4. The Balaban J connectivity index is 2.30. The summed E-state index contributed by atoms with van der Waals surface area (Å²) in [5.74, 6) is -0.192. The lowest BCUT2D eigenvalue weighted by atomic mass is 10.3. The zero-order valence-corrected chi connectivity index (χ0v) is 12.2. The van der Waals surface area contributed by atoms with E-state index in [-0.39, 0.29) is 43.0 Å². The molecule has 0 radical (unpaired) electrons. The number of carbonyl (C=O) groups excluding carboxylic acids is 2. The van der Waals surface area contributed by atoms with Gasteiger partial charge in [-0.3, -0.25) is 14.9 Å². The summed E-state index contributed by atoms with van der Waals surface area (Å²) < 4.78 is 5.47. The van der Waals surface area contributed by atoms with E-state index < -0.39 is 0 Å². The molecule has 114 valence electrons. The molecule has 2 amide bonds. The first-order valence-corrected chi connectivity index (χ1v) is 6.72. The molecule has 0 aromatic carbocycles. The first-order chi connectivity index (χ1) is 9.97. The minimum Gasteiger partial charge on any atom is -0.461 e. The SMILES string of the molecule is CCNc1nc(OC(C)C)nc(N2CC(=O)NC(=O)C2)n1. The van der Waals surface area contributed by atoms with Gasteiger partial charge in [0.1, 0.15) is 13.1 Å². The lowest BCUT2D eigenvalue weighted by molar-refractivity contribution is -0.130. The van der Waals surface area contributed by atoms with Crippen molar-refractivity contribution in [2.24, 2.45) is 0 Å². The van der Waals surface area contributed by atoms with Crippen LogP contribution in [0.5, 0.6) is 6.01 Å². The summed E-state index contributed by atoms with van der Waals surface area (Å²) in [7, 11) is 0. The summed E-state index contributed by atoms with van der Waals surface area (Å²) in [6, 6.07) is 0.157. The first kappa shape index (κ1) is 14.9. The zero-order chi connectivity index (χ0) is 15.4. The maximum Gasteiger partial charge on any atom is 0.323 e. The Kier molecular flexibility index (Phi) is 4.51. The van der Waals surface area contributed by atoms with Gasteiger partial charge in [-0.1, -0.05) is 0 Å². The number of piperazine rings is 1. The van der Waals surface area contributed by atoms with Crippen LogP contribution in [0.3, 0.4) is 0 Å². The van der Waals surface area contributed by atoms with Gasteiger partial charge in [0.25, 0.3) is 0 Å². The maximum absolute atomic E-state index is 11.4. The van der Waals surface area contributed by atoms with E-state index in [9.17, 15) is 9.59 Å². The van der Waals surface area contributed by atoms with Crippen LogP contribution in [0.25, 0.3) is 0 Å². The van der Waals surface area contributed by atoms with Gasteiger partial charge in [0.2, 0.25) is 23.7 Å². The van der Waals surface area contributed by atoms with Crippen LogP contribution in [0.1, 0.15) is 20.8 Å². The smallest absolute Gasteiger partial charge is 0.323 e. The third-order valence-electron chi connectivity index (χ3n) is 2.51. The van der Waals surface area contributed by atoms with Gasteiger partial charge in [-0.15, -0.1) is 0 Å². The molecule has 9 heteroatoms. The molecule has 1 aromatic rings. The van der Waals surface area contributed by atoms with Gasteiger partial charge in [0.15, 0.2) is 0 Å². The second kappa shape index (κ2) is 6.33. The largest absolute Gasteiger partial charge is 0.461 e. The van der Waals surface area contributed by atoms with Crippen molar-refractivity contribution >= 4 is 23.7 Å². The summed E-state index contributed by atoms with van der Waals surface area (Å²) in [5.41, 5.74) is 0. The lowest BCUT2D eigenvalue weighted by Crippen LogP contribution is -2.52. The summed E-state index contributed by atoms with van der Waals surface area (Å²) in [5, 5.41) is 5.20. The normalized spacial score (nSPS) is 15.1. The third kappa shape index (κ3) is 4.01. The monoisotopic (exact) mass is 294 g/mol. The number of carbonyl (C=O) groups is 2. The van der Waals surface area contributed by atoms with E-state index in [1.165, 1.54) is 4.90 Å². The Hall–Kier alpha value is -2.45. The number of ether oxygens (including phenoxy) is 1. The van der Waals surface area contributed by atoms with Crippen LogP contribution in [-0.2, 0) is 9.59 Å². The van der Waals surface area contributed by atoms with Gasteiger partial charge in [-0.2, -0.15) is 15.0 Å². The molecule has 0 aliphatic carbocycles. The number of imide groups is 1. The molecule has 0 atom stereocenters. The maximum atomic E-state index is 11.4. The van der Waals surface area contributed by atoms with Crippen molar-refractivity contribution in [3.63, 3.8) is 0 Å². The summed E-state index contributed by atoms with van der Waals surface area (Å²) >= 11 is 0. The van der Waals surface area contributed by atoms with Crippen molar-refractivity contribution in [3.05, 3.63) is 0 Å². The second-order valence-electron chi connectivity index (χ2n) is 4.77. The molecular weight excluding hydrogens is 276 g/mol. The van der Waals surface area contributed by atoms with Crippen molar-refractivity contribution in [2.45, 2.75) is 26.9 Å². The summed E-state index contributed by atoms with van der Waals surface area (Å²) in [6.07, 6.45) is -0.0963. The van der Waals surface area contributed by atoms with Crippen LogP contribution < -0.4 is 20.3 Å². The van der Waals surface area contributed by atoms with Crippen LogP contribution in [0.15, 0.2) is 0 Å². The first-order valence-electron chi connectivity index (χ1n) is 6.72. The minimum atomic E-state index is -0.386. The molecule has 1 saturated heterocycles. The Morgan fingerprint density at radius 1 is 1.24 bits per heavy atom. The highest BCUT2D eigenvalue weighted by Gasteiger charge is 2.25. The zero-order valence-electron chi connectivity index (χ0n) is 12.2. The van der Waals surface area contributed by atoms with Crippen molar-refractivity contribution in [3.8, 4) is 6.01 Å². The molecule has 2 rings (SSSR count). The van der Waals surface area contributed by atoms with E-state index in [4.69, 9.17) is 4.74 Å². The van der Waals surface area contributed by atoms with Crippen LogP contribution in [0, 0.1) is 0 Å². The quantitative estimate of drug-likeness (QED) is 0.703. The van der Waals surface area contributed by atoms with Gasteiger partial charge in [0.05, 0.1) is 6.10 Å². The van der Waals surface area contributed by atoms with Gasteiger partial charge in [0, 0.05) is 6.54 Å². The standard InChI is InChI=1S/C12H18N6O3/c1-4-13-10-15-11(17-12(16-10)21-7(2)3)18-5-8(19)14-9(20)6-18/h7H,4-6H2,1-3H3,(H,14,19,20)(H,13,15,16,17). The molecule has 1 fully saturated rings. The van der Waals surface area contributed by atoms with Crippen molar-refractivity contribution < 1.29 is 14.3 Å². The van der Waals surface area contributed by atoms with Gasteiger partial charge < -0.3 is 15.0 Å². The molecule has 0 spiro atoms. The Morgan fingerprint density at radius 3 is 2.48 bits per heavy atom. The van der Waals surface area contributed by atoms with Gasteiger partial charge in [-0.05, 0) is 20.8 Å². The van der Waals surface area contributed by atoms with E-state index in [0.717, 1.165) is 0 Å². The Bertz CT molecular complexity index is 532. The van der Waals surface area contributed by atoms with Crippen molar-refractivity contribution in [1.82, 2.24) is 20.3 Å². The minimum absolute atomic E-state index is 0.0163. The van der Waals surface area contributed by atoms with E-state index >= 15 is 0 Å². The molecule has 0 unspecified atom stereocenters. The number of hydrogen-bond acceptors (Lipinski definition) is 8. The van der Waals surface area contributed by atoms with Gasteiger partial charge >= 0.3 is 6.01 Å². The number of aromatic nitrogens is 3. The molecule has 21 heavy (non-hydrogen) atoms. The van der Waals surface area contributed by atoms with Crippen LogP contribution in [0.4, 0.5) is 11.9 Å². The topological polar surface area (TPSA) is 109 Å². The van der Waals surface area contributed by atoms with E-state index in [1.54, 1.807) is 0 Å².